The van der Waals surface area contributed by atoms with E-state index in [0.29, 0.717) is 38.8 Å². The summed E-state index contributed by atoms with van der Waals surface area (Å²) >= 11 is 0. The maximum absolute atomic E-state index is 9.51. The number of benzene rings is 9. The summed E-state index contributed by atoms with van der Waals surface area (Å²) in [4.78, 5) is 0. The zero-order valence-electron chi connectivity index (χ0n) is 31.8. The highest BCUT2D eigenvalue weighted by Gasteiger charge is 2.21. The molecule has 0 aliphatic heterocycles. The lowest BCUT2D eigenvalue weighted by molar-refractivity contribution is 0.672. The fourth-order valence-electron chi connectivity index (χ4n) is 7.18. The van der Waals surface area contributed by atoms with Crippen LogP contribution in [0.2, 0.25) is 0 Å². The third kappa shape index (κ3) is 3.44. The smallest absolute Gasteiger partial charge is 0.143 e. The standard InChI is InChI=1S/C44H26O/c1-2-13-28-27(12-1)24-25-31-29(28)21-11-22-33(31)42-34-16-4-6-18-36(34)43(37-19-7-5-17-35(37)42)39-26-40-32-15-9-10-23-41(32)45-44(40)38-20-8-3-14-30(38)39/h1-26H/i4D,5D,6D,7D,16D,17D,18D,19D. The van der Waals surface area contributed by atoms with Crippen LogP contribution in [-0.4, -0.2) is 0 Å². The van der Waals surface area contributed by atoms with Gasteiger partial charge in [-0.3, -0.25) is 0 Å². The lowest BCUT2D eigenvalue weighted by atomic mass is 9.83. The molecule has 1 nitrogen and oxygen atoms in total. The van der Waals surface area contributed by atoms with E-state index in [1.807, 2.05) is 109 Å². The Kier molecular flexibility index (Phi) is 3.72. The van der Waals surface area contributed by atoms with Gasteiger partial charge in [-0.2, -0.15) is 0 Å². The van der Waals surface area contributed by atoms with Gasteiger partial charge < -0.3 is 4.42 Å². The number of hydrogen-bond donors (Lipinski definition) is 0. The fraction of sp³-hybridized carbons (Fsp3) is 0. The van der Waals surface area contributed by atoms with Crippen molar-refractivity contribution in [1.29, 1.82) is 0 Å². The predicted octanol–water partition coefficient (Wildman–Crippen LogP) is 12.7. The Morgan fingerprint density at radius 1 is 0.378 bits per heavy atom. The molecule has 10 aromatic rings. The summed E-state index contributed by atoms with van der Waals surface area (Å²) in [5.74, 6) is 0. The minimum Gasteiger partial charge on any atom is -0.455 e. The van der Waals surface area contributed by atoms with E-state index in [9.17, 15) is 5.48 Å². The molecule has 0 saturated carbocycles. The molecular weight excluding hydrogens is 544 g/mol. The van der Waals surface area contributed by atoms with Crippen molar-refractivity contribution in [3.05, 3.63) is 158 Å². The molecule has 0 bridgehead atoms. The van der Waals surface area contributed by atoms with Gasteiger partial charge in [-0.15, -0.1) is 0 Å². The molecule has 0 amide bonds. The van der Waals surface area contributed by atoms with Crippen LogP contribution in [-0.2, 0) is 0 Å². The molecule has 0 atom stereocenters. The molecule has 0 aliphatic rings. The second-order valence-corrected chi connectivity index (χ2v) is 11.4. The van der Waals surface area contributed by atoms with Crippen molar-refractivity contribution in [2.45, 2.75) is 0 Å². The van der Waals surface area contributed by atoms with Crippen molar-refractivity contribution in [3.8, 4) is 22.3 Å². The summed E-state index contributed by atoms with van der Waals surface area (Å²) < 4.78 is 80.0. The van der Waals surface area contributed by atoms with E-state index in [2.05, 4.69) is 0 Å². The molecular formula is C44H26O. The summed E-state index contributed by atoms with van der Waals surface area (Å²) in [6, 6.07) is 32.1. The van der Waals surface area contributed by atoms with Crippen molar-refractivity contribution in [2.24, 2.45) is 0 Å². The molecule has 0 radical (unpaired) electrons. The molecule has 0 aliphatic carbocycles. The van der Waals surface area contributed by atoms with Gasteiger partial charge in [0, 0.05) is 16.2 Å². The molecule has 1 heterocycles. The average molecular weight is 579 g/mol. The minimum atomic E-state index is -0.432. The molecule has 0 spiro atoms. The average Bonchev–Trinajstić information content (AvgIpc) is 3.57. The van der Waals surface area contributed by atoms with Crippen molar-refractivity contribution in [2.75, 3.05) is 0 Å². The van der Waals surface area contributed by atoms with E-state index >= 15 is 0 Å². The number of furan rings is 1. The van der Waals surface area contributed by atoms with E-state index < -0.39 is 24.2 Å². The zero-order valence-corrected chi connectivity index (χ0v) is 23.8. The Balaban J connectivity index is 1.52. The first kappa shape index (κ1) is 18.0. The predicted molar refractivity (Wildman–Crippen MR) is 192 cm³/mol. The van der Waals surface area contributed by atoms with Crippen LogP contribution in [0.1, 0.15) is 11.0 Å². The SMILES string of the molecule is [2H]c1c([2H])c([2H])c2c(-c3cc4c5ccccc5oc4c4ccccc34)c3c([2H])c([2H])c([2H])c([2H])c3c(-c3cccc4c3ccc3ccccc34)c2c1[2H]. The van der Waals surface area contributed by atoms with Gasteiger partial charge >= 0.3 is 0 Å². The van der Waals surface area contributed by atoms with Gasteiger partial charge in [0.05, 0.1) is 11.0 Å². The van der Waals surface area contributed by atoms with Crippen LogP contribution >= 0.6 is 0 Å². The highest BCUT2D eigenvalue weighted by atomic mass is 16.3. The van der Waals surface area contributed by atoms with Gasteiger partial charge in [-0.1, -0.05) is 145 Å². The van der Waals surface area contributed by atoms with E-state index in [4.69, 9.17) is 9.90 Å². The number of para-hydroxylation sites is 1. The van der Waals surface area contributed by atoms with E-state index in [-0.39, 0.29) is 45.7 Å². The Bertz CT molecular complexity index is 3190. The van der Waals surface area contributed by atoms with Crippen LogP contribution in [0.3, 0.4) is 0 Å². The second kappa shape index (κ2) is 9.29. The molecule has 0 unspecified atom stereocenters. The highest BCUT2D eigenvalue weighted by Crippen LogP contribution is 2.48. The first-order chi connectivity index (χ1) is 25.7. The first-order valence-corrected chi connectivity index (χ1v) is 14.9. The topological polar surface area (TPSA) is 13.1 Å². The number of hydrogen-bond acceptors (Lipinski definition) is 1. The van der Waals surface area contributed by atoms with Gasteiger partial charge in [-0.25, -0.2) is 0 Å². The largest absolute Gasteiger partial charge is 0.455 e. The molecule has 0 fully saturated rings. The molecule has 9 aromatic carbocycles. The molecule has 1 heteroatoms. The van der Waals surface area contributed by atoms with Gasteiger partial charge in [0.25, 0.3) is 0 Å². The lowest BCUT2D eigenvalue weighted by Gasteiger charge is -2.20. The maximum Gasteiger partial charge on any atom is 0.143 e. The van der Waals surface area contributed by atoms with E-state index in [1.165, 1.54) is 0 Å². The van der Waals surface area contributed by atoms with E-state index in [0.717, 1.165) is 37.7 Å². The first-order valence-electron chi connectivity index (χ1n) is 18.9. The van der Waals surface area contributed by atoms with Crippen LogP contribution in [0.15, 0.2) is 162 Å². The minimum absolute atomic E-state index is 0.179. The molecule has 10 rings (SSSR count). The van der Waals surface area contributed by atoms with Crippen LogP contribution in [0, 0.1) is 0 Å². The summed E-state index contributed by atoms with van der Waals surface area (Å²) in [5.41, 5.74) is 3.15. The van der Waals surface area contributed by atoms with Crippen molar-refractivity contribution < 1.29 is 15.4 Å². The third-order valence-corrected chi connectivity index (χ3v) is 9.08. The van der Waals surface area contributed by atoms with Crippen LogP contribution in [0.25, 0.3) is 98.1 Å². The Morgan fingerprint density at radius 3 is 1.67 bits per heavy atom. The zero-order chi connectivity index (χ0) is 36.4. The Labute approximate surface area is 270 Å². The fourth-order valence-corrected chi connectivity index (χ4v) is 7.18. The van der Waals surface area contributed by atoms with Gasteiger partial charge in [-0.05, 0) is 82.9 Å². The Hall–Kier alpha value is -5.92. The maximum atomic E-state index is 9.51. The van der Waals surface area contributed by atoms with Crippen LogP contribution in [0.5, 0.6) is 0 Å². The highest BCUT2D eigenvalue weighted by molar-refractivity contribution is 6.28. The van der Waals surface area contributed by atoms with Gasteiger partial charge in [0.1, 0.15) is 11.2 Å². The Morgan fingerprint density at radius 2 is 0.933 bits per heavy atom. The summed E-state index contributed by atoms with van der Waals surface area (Å²) in [7, 11) is 0. The van der Waals surface area contributed by atoms with Crippen LogP contribution in [0.4, 0.5) is 0 Å². The summed E-state index contributed by atoms with van der Waals surface area (Å²) in [5, 5.41) is 7.57. The monoisotopic (exact) mass is 578 g/mol. The van der Waals surface area contributed by atoms with Crippen molar-refractivity contribution >= 4 is 75.8 Å². The van der Waals surface area contributed by atoms with Crippen molar-refractivity contribution in [1.82, 2.24) is 0 Å². The molecule has 208 valence electrons. The molecule has 45 heavy (non-hydrogen) atoms. The quantitative estimate of drug-likeness (QED) is 0.147. The summed E-state index contributed by atoms with van der Waals surface area (Å²) in [6.45, 7) is 0. The molecule has 0 saturated heterocycles. The van der Waals surface area contributed by atoms with E-state index in [1.54, 1.807) is 0 Å². The third-order valence-electron chi connectivity index (χ3n) is 9.08. The van der Waals surface area contributed by atoms with Gasteiger partial charge in [0.2, 0.25) is 0 Å². The van der Waals surface area contributed by atoms with Gasteiger partial charge in [0.15, 0.2) is 0 Å². The lowest BCUT2D eigenvalue weighted by Crippen LogP contribution is -1.92. The van der Waals surface area contributed by atoms with Crippen molar-refractivity contribution in [3.63, 3.8) is 0 Å². The normalized spacial score (nSPS) is 14.5. The molecule has 0 N–H and O–H groups in total. The second-order valence-electron chi connectivity index (χ2n) is 11.4. The molecule has 1 aromatic heterocycles. The van der Waals surface area contributed by atoms with Crippen LogP contribution < -0.4 is 0 Å². The number of rotatable bonds is 2. The number of fused-ring (bicyclic) bond motifs is 10. The summed E-state index contributed by atoms with van der Waals surface area (Å²) in [6.07, 6.45) is 0.